The summed E-state index contributed by atoms with van der Waals surface area (Å²) in [5.74, 6) is 0. The Bertz CT molecular complexity index is 381. The number of nitrogens with one attached hydrogen (secondary N) is 1. The Labute approximate surface area is 84.5 Å². The first kappa shape index (κ1) is 9.01. The van der Waals surface area contributed by atoms with Crippen molar-refractivity contribution in [3.8, 4) is 0 Å². The minimum Gasteiger partial charge on any atom is -0.308 e. The van der Waals surface area contributed by atoms with Crippen molar-refractivity contribution in [3.63, 3.8) is 0 Å². The van der Waals surface area contributed by atoms with Gasteiger partial charge in [-0.25, -0.2) is 0 Å². The van der Waals surface area contributed by atoms with E-state index in [-0.39, 0.29) is 0 Å². The lowest BCUT2D eigenvalue weighted by atomic mass is 10.2. The van der Waals surface area contributed by atoms with Crippen molar-refractivity contribution in [1.29, 1.82) is 0 Å². The molecule has 14 heavy (non-hydrogen) atoms. The Hall–Kier alpha value is -1.56. The lowest BCUT2D eigenvalue weighted by molar-refractivity contribution is 0.748. The Morgan fingerprint density at radius 2 is 1.93 bits per heavy atom. The van der Waals surface area contributed by atoms with Gasteiger partial charge in [-0.15, -0.1) is 5.73 Å². The third-order valence-electron chi connectivity index (χ3n) is 2.15. The zero-order chi connectivity index (χ0) is 9.64. The van der Waals surface area contributed by atoms with Crippen molar-refractivity contribution in [1.82, 2.24) is 5.32 Å². The molecule has 0 spiro atoms. The van der Waals surface area contributed by atoms with Gasteiger partial charge < -0.3 is 5.32 Å². The molecule has 0 fully saturated rings. The van der Waals surface area contributed by atoms with Gasteiger partial charge in [-0.3, -0.25) is 0 Å². The van der Waals surface area contributed by atoms with Gasteiger partial charge in [0, 0.05) is 18.7 Å². The lowest BCUT2D eigenvalue weighted by Crippen LogP contribution is -2.15. The molecule has 0 radical (unpaired) electrons. The number of rotatable bonds is 4. The summed E-state index contributed by atoms with van der Waals surface area (Å²) < 4.78 is 0. The van der Waals surface area contributed by atoms with E-state index < -0.39 is 0 Å². The van der Waals surface area contributed by atoms with Crippen LogP contribution in [-0.2, 0) is 6.54 Å². The molecule has 0 unspecified atom stereocenters. The van der Waals surface area contributed by atoms with Crippen LogP contribution < -0.4 is 5.32 Å². The average Bonchev–Trinajstić information content (AvgIpc) is 2.72. The van der Waals surface area contributed by atoms with E-state index >= 15 is 0 Å². The standard InChI is InChI=1S/C13H13N/c1-2-6-12(7-3-1)10-14-11-13-8-4-5-9-13/h1-8,14H,10-11H2. The number of allylic oxidation sites excluding steroid dienone is 1. The first-order valence-corrected chi connectivity index (χ1v) is 4.82. The maximum Gasteiger partial charge on any atom is 0.0282 e. The smallest absolute Gasteiger partial charge is 0.0282 e. The highest BCUT2D eigenvalue weighted by molar-refractivity contribution is 5.30. The minimum atomic E-state index is 0.891. The van der Waals surface area contributed by atoms with Crippen LogP contribution >= 0.6 is 0 Å². The second-order valence-corrected chi connectivity index (χ2v) is 3.28. The maximum absolute atomic E-state index is 3.37. The van der Waals surface area contributed by atoms with Crippen molar-refractivity contribution >= 4 is 0 Å². The second kappa shape index (κ2) is 4.61. The summed E-state index contributed by atoms with van der Waals surface area (Å²) in [7, 11) is 0. The van der Waals surface area contributed by atoms with Crippen LogP contribution in [0.5, 0.6) is 0 Å². The summed E-state index contributed by atoms with van der Waals surface area (Å²) in [4.78, 5) is 0. The molecule has 0 atom stereocenters. The zero-order valence-corrected chi connectivity index (χ0v) is 8.03. The summed E-state index contributed by atoms with van der Waals surface area (Å²) >= 11 is 0. The molecule has 1 aliphatic rings. The van der Waals surface area contributed by atoms with E-state index in [1.165, 1.54) is 11.1 Å². The van der Waals surface area contributed by atoms with Gasteiger partial charge in [0.05, 0.1) is 0 Å². The Morgan fingerprint density at radius 1 is 1.07 bits per heavy atom. The number of benzene rings is 1. The normalized spacial score (nSPS) is 13.3. The van der Waals surface area contributed by atoms with E-state index in [9.17, 15) is 0 Å². The topological polar surface area (TPSA) is 12.0 Å². The van der Waals surface area contributed by atoms with Crippen molar-refractivity contribution < 1.29 is 0 Å². The summed E-state index contributed by atoms with van der Waals surface area (Å²) in [6, 6.07) is 10.4. The molecule has 1 aliphatic carbocycles. The predicted octanol–water partition coefficient (Wildman–Crippen LogP) is 2.43. The molecule has 2 rings (SSSR count). The molecule has 1 aromatic carbocycles. The molecule has 0 heterocycles. The van der Waals surface area contributed by atoms with Crippen LogP contribution in [0.4, 0.5) is 0 Å². The molecule has 0 saturated heterocycles. The fourth-order valence-electron chi connectivity index (χ4n) is 1.41. The van der Waals surface area contributed by atoms with E-state index in [1.807, 2.05) is 18.2 Å². The van der Waals surface area contributed by atoms with Crippen molar-refractivity contribution in [2.24, 2.45) is 0 Å². The third-order valence-corrected chi connectivity index (χ3v) is 2.15. The molecule has 0 amide bonds. The summed E-state index contributed by atoms with van der Waals surface area (Å²) in [6.07, 6.45) is 6.04. The van der Waals surface area contributed by atoms with Crippen molar-refractivity contribution in [3.05, 3.63) is 65.4 Å². The van der Waals surface area contributed by atoms with E-state index in [4.69, 9.17) is 0 Å². The maximum atomic E-state index is 3.37. The lowest BCUT2D eigenvalue weighted by Gasteiger charge is -2.03. The molecule has 1 aromatic rings. The zero-order valence-electron chi connectivity index (χ0n) is 8.03. The van der Waals surface area contributed by atoms with Crippen molar-refractivity contribution in [2.45, 2.75) is 6.54 Å². The number of hydrogen-bond acceptors (Lipinski definition) is 1. The molecule has 0 saturated carbocycles. The van der Waals surface area contributed by atoms with Crippen LogP contribution in [0.3, 0.4) is 0 Å². The largest absolute Gasteiger partial charge is 0.308 e. The summed E-state index contributed by atoms with van der Waals surface area (Å²) in [5, 5.41) is 3.37. The van der Waals surface area contributed by atoms with E-state index in [2.05, 4.69) is 41.4 Å². The van der Waals surface area contributed by atoms with Crippen LogP contribution in [0.25, 0.3) is 0 Å². The molecular weight excluding hydrogens is 170 g/mol. The van der Waals surface area contributed by atoms with Gasteiger partial charge in [0.15, 0.2) is 0 Å². The fourth-order valence-corrected chi connectivity index (χ4v) is 1.41. The molecule has 1 N–H and O–H groups in total. The highest BCUT2D eigenvalue weighted by atomic mass is 14.8. The first-order chi connectivity index (χ1) is 6.95. The van der Waals surface area contributed by atoms with Gasteiger partial charge in [0.2, 0.25) is 0 Å². The third kappa shape index (κ3) is 2.46. The van der Waals surface area contributed by atoms with Crippen molar-refractivity contribution in [2.75, 3.05) is 6.54 Å². The Kier molecular flexibility index (Phi) is 2.97. The predicted molar refractivity (Wildman–Crippen MR) is 58.9 cm³/mol. The van der Waals surface area contributed by atoms with Gasteiger partial charge >= 0.3 is 0 Å². The minimum absolute atomic E-state index is 0.891. The van der Waals surface area contributed by atoms with E-state index in [0.717, 1.165) is 13.1 Å². The van der Waals surface area contributed by atoms with Gasteiger partial charge in [-0.1, -0.05) is 36.4 Å². The fraction of sp³-hybridized carbons (Fsp3) is 0.154. The van der Waals surface area contributed by atoms with E-state index in [1.54, 1.807) is 0 Å². The summed E-state index contributed by atoms with van der Waals surface area (Å²) in [5.41, 5.74) is 5.70. The van der Waals surface area contributed by atoms with Gasteiger partial charge in [-0.2, -0.15) is 0 Å². The molecule has 0 aliphatic heterocycles. The number of hydrogen-bond donors (Lipinski definition) is 1. The Balaban J connectivity index is 1.79. The molecule has 70 valence electrons. The monoisotopic (exact) mass is 183 g/mol. The van der Waals surface area contributed by atoms with Gasteiger partial charge in [0.25, 0.3) is 0 Å². The molecular formula is C13H13N. The molecule has 1 nitrogen and oxygen atoms in total. The highest BCUT2D eigenvalue weighted by Gasteiger charge is 1.94. The van der Waals surface area contributed by atoms with Crippen LogP contribution in [0.1, 0.15) is 5.56 Å². The second-order valence-electron chi connectivity index (χ2n) is 3.28. The van der Waals surface area contributed by atoms with E-state index in [0.29, 0.717) is 0 Å². The quantitative estimate of drug-likeness (QED) is 0.707. The SMILES string of the molecule is C1=CC=CC=1CNCc1ccccc1. The molecule has 1 heteroatoms. The van der Waals surface area contributed by atoms with Crippen LogP contribution in [0, 0.1) is 0 Å². The molecule has 0 aromatic heterocycles. The highest BCUT2D eigenvalue weighted by Crippen LogP contribution is 2.01. The summed E-state index contributed by atoms with van der Waals surface area (Å²) in [6.45, 7) is 1.81. The van der Waals surface area contributed by atoms with Crippen LogP contribution in [0.2, 0.25) is 0 Å². The average molecular weight is 183 g/mol. The van der Waals surface area contributed by atoms with Gasteiger partial charge in [-0.05, 0) is 17.7 Å². The molecule has 0 bridgehead atoms. The first-order valence-electron chi connectivity index (χ1n) is 4.82. The van der Waals surface area contributed by atoms with Gasteiger partial charge in [0.1, 0.15) is 0 Å². The van der Waals surface area contributed by atoms with Crippen LogP contribution in [-0.4, -0.2) is 6.54 Å². The Morgan fingerprint density at radius 3 is 2.64 bits per heavy atom. The van der Waals surface area contributed by atoms with Crippen LogP contribution in [0.15, 0.2) is 59.9 Å².